The second-order valence-corrected chi connectivity index (χ2v) is 8.75. The number of ether oxygens (including phenoxy) is 1. The van der Waals surface area contributed by atoms with Crippen LogP contribution in [0, 0.1) is 0 Å². The molecular formula is C14H18BrNO3S. The predicted molar refractivity (Wildman–Crippen MR) is 80.4 cm³/mol. The summed E-state index contributed by atoms with van der Waals surface area (Å²) in [6, 6.07) is 8.65. The molecule has 1 aromatic carbocycles. The fourth-order valence-electron chi connectivity index (χ4n) is 3.01. The van der Waals surface area contributed by atoms with Gasteiger partial charge in [-0.1, -0.05) is 34.1 Å². The fourth-order valence-corrected chi connectivity index (χ4v) is 5.20. The molecule has 0 saturated carbocycles. The summed E-state index contributed by atoms with van der Waals surface area (Å²) < 4.78 is 32.5. The molecule has 2 aliphatic heterocycles. The lowest BCUT2D eigenvalue weighted by atomic mass is 9.90. The van der Waals surface area contributed by atoms with E-state index < -0.39 is 10.0 Å². The van der Waals surface area contributed by atoms with Gasteiger partial charge < -0.3 is 4.74 Å². The van der Waals surface area contributed by atoms with Gasteiger partial charge in [0.15, 0.2) is 0 Å². The van der Waals surface area contributed by atoms with Crippen molar-refractivity contribution in [1.29, 1.82) is 0 Å². The van der Waals surface area contributed by atoms with Crippen LogP contribution in [0.2, 0.25) is 0 Å². The molecule has 0 amide bonds. The Morgan fingerprint density at radius 2 is 1.85 bits per heavy atom. The standard InChI is InChI=1S/C14H18BrNO3S/c15-12-10-14(19-11-12)6-8-16(9-7-14)20(17,18)13-4-2-1-3-5-13/h1-5,12H,6-11H2. The SMILES string of the molecule is O=S(=O)(c1ccccc1)N1CCC2(CC1)CC(Br)CO2. The van der Waals surface area contributed by atoms with Gasteiger partial charge >= 0.3 is 0 Å². The van der Waals surface area contributed by atoms with Gasteiger partial charge in [-0.3, -0.25) is 0 Å². The summed E-state index contributed by atoms with van der Waals surface area (Å²) in [5.74, 6) is 0. The van der Waals surface area contributed by atoms with E-state index in [1.165, 1.54) is 0 Å². The van der Waals surface area contributed by atoms with Crippen LogP contribution in [0.5, 0.6) is 0 Å². The van der Waals surface area contributed by atoms with E-state index in [2.05, 4.69) is 15.9 Å². The van der Waals surface area contributed by atoms with Crippen molar-refractivity contribution in [2.24, 2.45) is 0 Å². The van der Waals surface area contributed by atoms with Crippen molar-refractivity contribution in [3.63, 3.8) is 0 Å². The number of hydrogen-bond acceptors (Lipinski definition) is 3. The number of benzene rings is 1. The molecule has 6 heteroatoms. The van der Waals surface area contributed by atoms with Crippen molar-refractivity contribution in [2.75, 3.05) is 19.7 Å². The van der Waals surface area contributed by atoms with E-state index in [1.807, 2.05) is 6.07 Å². The number of alkyl halides is 1. The van der Waals surface area contributed by atoms with E-state index in [9.17, 15) is 8.42 Å². The molecule has 1 spiro atoms. The monoisotopic (exact) mass is 359 g/mol. The zero-order valence-corrected chi connectivity index (χ0v) is 13.6. The zero-order valence-electron chi connectivity index (χ0n) is 11.2. The van der Waals surface area contributed by atoms with E-state index in [-0.39, 0.29) is 5.60 Å². The largest absolute Gasteiger partial charge is 0.374 e. The Morgan fingerprint density at radius 1 is 1.20 bits per heavy atom. The Kier molecular flexibility index (Phi) is 3.92. The summed E-state index contributed by atoms with van der Waals surface area (Å²) in [4.78, 5) is 0.779. The molecule has 0 aliphatic carbocycles. The first-order chi connectivity index (χ1) is 9.52. The molecule has 110 valence electrons. The zero-order chi connectivity index (χ0) is 14.2. The van der Waals surface area contributed by atoms with Crippen LogP contribution < -0.4 is 0 Å². The minimum absolute atomic E-state index is 0.114. The molecule has 0 bridgehead atoms. The Bertz CT molecular complexity index is 567. The van der Waals surface area contributed by atoms with Crippen LogP contribution >= 0.6 is 15.9 Å². The third kappa shape index (κ3) is 2.66. The highest BCUT2D eigenvalue weighted by molar-refractivity contribution is 9.09. The van der Waals surface area contributed by atoms with Gasteiger partial charge in [-0.25, -0.2) is 8.42 Å². The van der Waals surface area contributed by atoms with Gasteiger partial charge in [0.2, 0.25) is 10.0 Å². The Labute approximate surface area is 128 Å². The molecule has 4 nitrogen and oxygen atoms in total. The molecule has 2 aliphatic rings. The minimum atomic E-state index is -3.36. The van der Waals surface area contributed by atoms with Crippen LogP contribution in [0.4, 0.5) is 0 Å². The Hall–Kier alpha value is -0.430. The van der Waals surface area contributed by atoms with Gasteiger partial charge in [0.1, 0.15) is 0 Å². The topological polar surface area (TPSA) is 46.6 Å². The minimum Gasteiger partial charge on any atom is -0.374 e. The van der Waals surface area contributed by atoms with Gasteiger partial charge in [0.25, 0.3) is 0 Å². The van der Waals surface area contributed by atoms with Crippen molar-refractivity contribution in [2.45, 2.75) is 34.6 Å². The second-order valence-electron chi connectivity index (χ2n) is 5.51. The average Bonchev–Trinajstić information content (AvgIpc) is 2.81. The summed E-state index contributed by atoms with van der Waals surface area (Å²) in [5, 5.41) is 0. The number of hydrogen-bond donors (Lipinski definition) is 0. The normalized spacial score (nSPS) is 26.9. The van der Waals surface area contributed by atoms with E-state index in [0.29, 0.717) is 22.8 Å². The van der Waals surface area contributed by atoms with Crippen molar-refractivity contribution in [3.8, 4) is 0 Å². The first-order valence-electron chi connectivity index (χ1n) is 6.85. The number of nitrogens with zero attached hydrogens (tertiary/aromatic N) is 1. The van der Waals surface area contributed by atoms with Gasteiger partial charge in [-0.05, 0) is 31.4 Å². The fraction of sp³-hybridized carbons (Fsp3) is 0.571. The number of halogens is 1. The Balaban J connectivity index is 1.72. The quantitative estimate of drug-likeness (QED) is 0.761. The molecule has 0 N–H and O–H groups in total. The highest BCUT2D eigenvalue weighted by Gasteiger charge is 2.44. The van der Waals surface area contributed by atoms with Crippen molar-refractivity contribution in [1.82, 2.24) is 4.31 Å². The second kappa shape index (κ2) is 5.40. The van der Waals surface area contributed by atoms with Gasteiger partial charge in [0, 0.05) is 17.9 Å². The smallest absolute Gasteiger partial charge is 0.243 e. The summed E-state index contributed by atoms with van der Waals surface area (Å²) >= 11 is 3.58. The van der Waals surface area contributed by atoms with E-state index >= 15 is 0 Å². The predicted octanol–water partition coefficient (Wildman–Crippen LogP) is 2.39. The molecule has 3 rings (SSSR count). The van der Waals surface area contributed by atoms with Crippen LogP contribution in [-0.4, -0.2) is 42.8 Å². The first-order valence-corrected chi connectivity index (χ1v) is 9.21. The molecule has 1 atom stereocenters. The van der Waals surface area contributed by atoms with Gasteiger partial charge in [-0.2, -0.15) is 4.31 Å². The van der Waals surface area contributed by atoms with Crippen LogP contribution in [0.1, 0.15) is 19.3 Å². The molecule has 1 aromatic rings. The average molecular weight is 360 g/mol. The number of piperidine rings is 1. The highest BCUT2D eigenvalue weighted by Crippen LogP contribution is 2.39. The number of sulfonamides is 1. The van der Waals surface area contributed by atoms with Crippen molar-refractivity contribution >= 4 is 26.0 Å². The van der Waals surface area contributed by atoms with Gasteiger partial charge in [0.05, 0.1) is 17.1 Å². The molecule has 2 heterocycles. The molecule has 0 radical (unpaired) electrons. The summed E-state index contributed by atoms with van der Waals surface area (Å²) in [6.45, 7) is 1.80. The maximum atomic E-state index is 12.5. The summed E-state index contributed by atoms with van der Waals surface area (Å²) in [5.41, 5.74) is -0.114. The van der Waals surface area contributed by atoms with E-state index in [0.717, 1.165) is 25.9 Å². The van der Waals surface area contributed by atoms with E-state index in [4.69, 9.17) is 4.74 Å². The lowest BCUT2D eigenvalue weighted by molar-refractivity contribution is -0.0308. The van der Waals surface area contributed by atoms with Crippen LogP contribution in [0.3, 0.4) is 0 Å². The third-order valence-corrected chi connectivity index (χ3v) is 6.68. The molecule has 2 fully saturated rings. The molecule has 0 aromatic heterocycles. The van der Waals surface area contributed by atoms with Crippen LogP contribution in [0.15, 0.2) is 35.2 Å². The molecule has 20 heavy (non-hydrogen) atoms. The van der Waals surface area contributed by atoms with Crippen molar-refractivity contribution < 1.29 is 13.2 Å². The molecule has 2 saturated heterocycles. The lowest BCUT2D eigenvalue weighted by Crippen LogP contribution is -2.46. The van der Waals surface area contributed by atoms with Crippen LogP contribution in [0.25, 0.3) is 0 Å². The van der Waals surface area contributed by atoms with Gasteiger partial charge in [-0.15, -0.1) is 0 Å². The lowest BCUT2D eigenvalue weighted by Gasteiger charge is -2.37. The molecule has 1 unspecified atom stereocenters. The maximum Gasteiger partial charge on any atom is 0.243 e. The molecular weight excluding hydrogens is 342 g/mol. The van der Waals surface area contributed by atoms with Crippen molar-refractivity contribution in [3.05, 3.63) is 30.3 Å². The maximum absolute atomic E-state index is 12.5. The van der Waals surface area contributed by atoms with E-state index in [1.54, 1.807) is 28.6 Å². The Morgan fingerprint density at radius 3 is 2.40 bits per heavy atom. The van der Waals surface area contributed by atoms with Crippen LogP contribution in [-0.2, 0) is 14.8 Å². The number of rotatable bonds is 2. The first kappa shape index (κ1) is 14.5. The third-order valence-electron chi connectivity index (χ3n) is 4.18. The summed E-state index contributed by atoms with van der Waals surface area (Å²) in [7, 11) is -3.36. The summed E-state index contributed by atoms with van der Waals surface area (Å²) in [6.07, 6.45) is 2.54. The highest BCUT2D eigenvalue weighted by atomic mass is 79.9.